The Kier molecular flexibility index (Phi) is 2.77. The zero-order chi connectivity index (χ0) is 9.97. The van der Waals surface area contributed by atoms with Gasteiger partial charge in [0.15, 0.2) is 5.17 Å². The van der Waals surface area contributed by atoms with Crippen LogP contribution in [0.3, 0.4) is 0 Å². The van der Waals surface area contributed by atoms with E-state index in [9.17, 15) is 0 Å². The van der Waals surface area contributed by atoms with E-state index in [1.165, 1.54) is 11.1 Å². The fourth-order valence-corrected chi connectivity index (χ4v) is 1.99. The predicted octanol–water partition coefficient (Wildman–Crippen LogP) is 2.36. The van der Waals surface area contributed by atoms with E-state index in [-0.39, 0.29) is 0 Å². The minimum Gasteiger partial charge on any atom is -0.356 e. The number of rotatable bonds is 1. The normalized spacial score (nSPS) is 20.4. The number of hydrogen-bond acceptors (Lipinski definition) is 3. The number of nitrogens with zero attached hydrogens (tertiary/aromatic N) is 1. The summed E-state index contributed by atoms with van der Waals surface area (Å²) in [5.74, 6) is 0. The highest BCUT2D eigenvalue weighted by molar-refractivity contribution is 8.13. The molecule has 0 bridgehead atoms. The van der Waals surface area contributed by atoms with Gasteiger partial charge in [0, 0.05) is 0 Å². The van der Waals surface area contributed by atoms with E-state index in [0.29, 0.717) is 6.04 Å². The summed E-state index contributed by atoms with van der Waals surface area (Å²) in [7, 11) is 0. The second-order valence-electron chi connectivity index (χ2n) is 3.46. The van der Waals surface area contributed by atoms with Gasteiger partial charge >= 0.3 is 0 Å². The Morgan fingerprint density at radius 2 is 2.07 bits per heavy atom. The smallest absolute Gasteiger partial charge is 0.156 e. The summed E-state index contributed by atoms with van der Waals surface area (Å²) < 4.78 is 0. The minimum atomic E-state index is 0.373. The van der Waals surface area contributed by atoms with Crippen molar-refractivity contribution in [2.24, 2.45) is 4.99 Å². The van der Waals surface area contributed by atoms with Gasteiger partial charge in [-0.2, -0.15) is 0 Å². The molecule has 74 valence electrons. The standard InChI is InChI=1S/C11H14N2S/c1-8-3-5-9(6-4-8)10-7-12-11(13-10)14-2/h3-6,10H,7H2,1-2H3,(H,12,13). The number of benzene rings is 1. The van der Waals surface area contributed by atoms with Gasteiger partial charge in [-0.1, -0.05) is 41.6 Å². The maximum atomic E-state index is 4.40. The molecular formula is C11H14N2S. The highest BCUT2D eigenvalue weighted by Gasteiger charge is 2.17. The first-order valence-electron chi connectivity index (χ1n) is 4.71. The number of amidine groups is 1. The summed E-state index contributed by atoms with van der Waals surface area (Å²) in [4.78, 5) is 4.40. The molecule has 1 unspecified atom stereocenters. The lowest BCUT2D eigenvalue weighted by Gasteiger charge is -2.11. The number of hydrogen-bond donors (Lipinski definition) is 1. The van der Waals surface area contributed by atoms with Crippen molar-refractivity contribution >= 4 is 16.9 Å². The van der Waals surface area contributed by atoms with E-state index in [1.54, 1.807) is 11.8 Å². The van der Waals surface area contributed by atoms with Crippen LogP contribution in [0.25, 0.3) is 0 Å². The summed E-state index contributed by atoms with van der Waals surface area (Å²) in [6, 6.07) is 9.01. The van der Waals surface area contributed by atoms with E-state index in [4.69, 9.17) is 0 Å². The molecular weight excluding hydrogens is 192 g/mol. The third-order valence-electron chi connectivity index (χ3n) is 2.39. The van der Waals surface area contributed by atoms with Crippen LogP contribution >= 0.6 is 11.8 Å². The van der Waals surface area contributed by atoms with Crippen molar-refractivity contribution in [3.63, 3.8) is 0 Å². The summed E-state index contributed by atoms with van der Waals surface area (Å²) >= 11 is 1.67. The Hall–Kier alpha value is -0.960. The van der Waals surface area contributed by atoms with Gasteiger partial charge in [-0.05, 0) is 18.7 Å². The van der Waals surface area contributed by atoms with Crippen LogP contribution in [0.15, 0.2) is 29.3 Å². The van der Waals surface area contributed by atoms with Gasteiger partial charge in [-0.3, -0.25) is 4.99 Å². The monoisotopic (exact) mass is 206 g/mol. The lowest BCUT2D eigenvalue weighted by atomic mass is 10.1. The topological polar surface area (TPSA) is 24.4 Å². The van der Waals surface area contributed by atoms with E-state index >= 15 is 0 Å². The first-order valence-corrected chi connectivity index (χ1v) is 5.93. The number of nitrogens with one attached hydrogen (secondary N) is 1. The van der Waals surface area contributed by atoms with Crippen LogP contribution < -0.4 is 5.32 Å². The van der Waals surface area contributed by atoms with E-state index in [1.807, 2.05) is 6.26 Å². The van der Waals surface area contributed by atoms with E-state index < -0.39 is 0 Å². The van der Waals surface area contributed by atoms with Crippen molar-refractivity contribution in [1.29, 1.82) is 0 Å². The van der Waals surface area contributed by atoms with Crippen LogP contribution in [0.2, 0.25) is 0 Å². The van der Waals surface area contributed by atoms with Crippen LogP contribution in [0.1, 0.15) is 17.2 Å². The van der Waals surface area contributed by atoms with Crippen molar-refractivity contribution in [3.05, 3.63) is 35.4 Å². The van der Waals surface area contributed by atoms with Crippen molar-refractivity contribution in [1.82, 2.24) is 5.32 Å². The SMILES string of the molecule is CSC1=NCC(c2ccc(C)cc2)N1. The molecule has 14 heavy (non-hydrogen) atoms. The quantitative estimate of drug-likeness (QED) is 0.763. The lowest BCUT2D eigenvalue weighted by molar-refractivity contribution is 0.711. The molecule has 0 fully saturated rings. The second kappa shape index (κ2) is 4.05. The second-order valence-corrected chi connectivity index (χ2v) is 4.25. The van der Waals surface area contributed by atoms with Gasteiger partial charge in [0.2, 0.25) is 0 Å². The van der Waals surface area contributed by atoms with Crippen molar-refractivity contribution in [3.8, 4) is 0 Å². The van der Waals surface area contributed by atoms with Gasteiger partial charge in [-0.15, -0.1) is 0 Å². The molecule has 1 aromatic carbocycles. The third kappa shape index (κ3) is 1.93. The van der Waals surface area contributed by atoms with Gasteiger partial charge in [-0.25, -0.2) is 0 Å². The van der Waals surface area contributed by atoms with Crippen LogP contribution in [0.5, 0.6) is 0 Å². The maximum absolute atomic E-state index is 4.40. The molecule has 2 nitrogen and oxygen atoms in total. The number of thioether (sulfide) groups is 1. The van der Waals surface area contributed by atoms with E-state index in [2.05, 4.69) is 41.5 Å². The Bertz CT molecular complexity index is 343. The first kappa shape index (κ1) is 9.59. The van der Waals surface area contributed by atoms with Gasteiger partial charge in [0.05, 0.1) is 12.6 Å². The maximum Gasteiger partial charge on any atom is 0.156 e. The van der Waals surface area contributed by atoms with Gasteiger partial charge in [0.25, 0.3) is 0 Å². The van der Waals surface area contributed by atoms with Crippen LogP contribution in [0.4, 0.5) is 0 Å². The summed E-state index contributed by atoms with van der Waals surface area (Å²) in [5, 5.41) is 4.44. The largest absolute Gasteiger partial charge is 0.356 e. The molecule has 0 amide bonds. The van der Waals surface area contributed by atoms with Crippen LogP contribution in [-0.4, -0.2) is 18.0 Å². The molecule has 0 saturated heterocycles. The molecule has 0 aromatic heterocycles. The van der Waals surface area contributed by atoms with Gasteiger partial charge in [0.1, 0.15) is 0 Å². The molecule has 0 radical (unpaired) electrons. The summed E-state index contributed by atoms with van der Waals surface area (Å²) in [6.45, 7) is 2.97. The highest BCUT2D eigenvalue weighted by atomic mass is 32.2. The van der Waals surface area contributed by atoms with Gasteiger partial charge < -0.3 is 5.32 Å². The molecule has 1 heterocycles. The molecule has 0 aliphatic carbocycles. The molecule has 1 aromatic rings. The minimum absolute atomic E-state index is 0.373. The van der Waals surface area contributed by atoms with Crippen molar-refractivity contribution in [2.45, 2.75) is 13.0 Å². The zero-order valence-electron chi connectivity index (χ0n) is 8.45. The molecule has 1 atom stereocenters. The molecule has 2 rings (SSSR count). The third-order valence-corrected chi connectivity index (χ3v) is 3.02. The Balaban J connectivity index is 2.08. The molecule has 0 saturated carbocycles. The van der Waals surface area contributed by atoms with Crippen LogP contribution in [0, 0.1) is 6.92 Å². The summed E-state index contributed by atoms with van der Waals surface area (Å²) in [6.07, 6.45) is 2.04. The Labute approximate surface area is 88.8 Å². The zero-order valence-corrected chi connectivity index (χ0v) is 9.27. The fourth-order valence-electron chi connectivity index (χ4n) is 1.53. The molecule has 3 heteroatoms. The lowest BCUT2D eigenvalue weighted by Crippen LogP contribution is -2.20. The molecule has 1 N–H and O–H groups in total. The highest BCUT2D eigenvalue weighted by Crippen LogP contribution is 2.19. The number of aliphatic imine (C=N–C) groups is 1. The molecule has 1 aliphatic heterocycles. The van der Waals surface area contributed by atoms with E-state index in [0.717, 1.165) is 11.7 Å². The predicted molar refractivity (Wildman–Crippen MR) is 62.9 cm³/mol. The first-order chi connectivity index (χ1) is 6.79. The Morgan fingerprint density at radius 3 is 2.64 bits per heavy atom. The summed E-state index contributed by atoms with van der Waals surface area (Å²) in [5.41, 5.74) is 2.63. The van der Waals surface area contributed by atoms with Crippen LogP contribution in [-0.2, 0) is 0 Å². The van der Waals surface area contributed by atoms with Crippen molar-refractivity contribution in [2.75, 3.05) is 12.8 Å². The molecule has 1 aliphatic rings. The molecule has 0 spiro atoms. The van der Waals surface area contributed by atoms with Crippen molar-refractivity contribution < 1.29 is 0 Å². The fraction of sp³-hybridized carbons (Fsp3) is 0.364. The number of aryl methyl sites for hydroxylation is 1. The average Bonchev–Trinajstić information content (AvgIpc) is 2.67. The average molecular weight is 206 g/mol. The Morgan fingerprint density at radius 1 is 1.36 bits per heavy atom.